The number of para-hydroxylation sites is 2. The Morgan fingerprint density at radius 3 is 1.82 bits per heavy atom. The van der Waals surface area contributed by atoms with Gasteiger partial charge in [-0.2, -0.15) is 0 Å². The van der Waals surface area contributed by atoms with E-state index in [2.05, 4.69) is 0 Å². The zero-order valence-corrected chi connectivity index (χ0v) is 18.3. The fraction of sp³-hybridized carbons (Fsp3) is 0.0714. The number of phenols is 2. The normalized spacial score (nSPS) is 10.0. The third-order valence-corrected chi connectivity index (χ3v) is 4.92. The first kappa shape index (κ1) is 24.1. The molecule has 0 unspecified atom stereocenters. The number of ether oxygens (including phenoxy) is 1. The molecule has 0 spiro atoms. The number of aromatic carboxylic acids is 1. The molecule has 0 fully saturated rings. The highest BCUT2D eigenvalue weighted by Gasteiger charge is 2.13. The van der Waals surface area contributed by atoms with Gasteiger partial charge < -0.3 is 20.1 Å². The fourth-order valence-corrected chi connectivity index (χ4v) is 3.17. The van der Waals surface area contributed by atoms with E-state index in [4.69, 9.17) is 9.84 Å². The number of carboxylic acids is 1. The molecular weight excluding hydrogens is 432 g/mol. The van der Waals surface area contributed by atoms with E-state index in [1.807, 2.05) is 60.7 Å². The van der Waals surface area contributed by atoms with Crippen LogP contribution in [-0.2, 0) is 17.8 Å². The summed E-state index contributed by atoms with van der Waals surface area (Å²) in [4.78, 5) is 22.5. The number of benzene rings is 4. The molecule has 0 aliphatic heterocycles. The van der Waals surface area contributed by atoms with E-state index in [1.54, 1.807) is 24.3 Å². The highest BCUT2D eigenvalue weighted by molar-refractivity contribution is 5.92. The topological polar surface area (TPSA) is 104 Å². The van der Waals surface area contributed by atoms with Crippen LogP contribution in [0.1, 0.15) is 37.4 Å². The Morgan fingerprint density at radius 2 is 1.21 bits per heavy atom. The van der Waals surface area contributed by atoms with Gasteiger partial charge in [-0.1, -0.05) is 84.9 Å². The average molecular weight is 456 g/mol. The summed E-state index contributed by atoms with van der Waals surface area (Å²) in [5.41, 5.74) is 2.69. The van der Waals surface area contributed by atoms with Gasteiger partial charge in [-0.25, -0.2) is 9.59 Å². The Balaban J connectivity index is 0.000000191. The number of carbonyl (C=O) groups is 2. The molecular formula is C28H24O6. The number of carboxylic acid groups (broad SMARTS) is 1. The van der Waals surface area contributed by atoms with Crippen molar-refractivity contribution >= 4 is 11.9 Å². The number of esters is 1. The lowest BCUT2D eigenvalue weighted by Gasteiger charge is -2.07. The lowest BCUT2D eigenvalue weighted by Crippen LogP contribution is -2.05. The minimum atomic E-state index is -1.11. The molecule has 0 aromatic heterocycles. The Hall–Kier alpha value is -4.58. The predicted molar refractivity (Wildman–Crippen MR) is 128 cm³/mol. The van der Waals surface area contributed by atoms with Crippen LogP contribution in [0.15, 0.2) is 103 Å². The van der Waals surface area contributed by atoms with Gasteiger partial charge in [0.1, 0.15) is 29.2 Å². The summed E-state index contributed by atoms with van der Waals surface area (Å²) in [6.07, 6.45) is 0.522. The van der Waals surface area contributed by atoms with E-state index >= 15 is 0 Å². The minimum absolute atomic E-state index is 0.0570. The van der Waals surface area contributed by atoms with Gasteiger partial charge in [0.25, 0.3) is 0 Å². The van der Waals surface area contributed by atoms with Gasteiger partial charge >= 0.3 is 11.9 Å². The molecule has 172 valence electrons. The Morgan fingerprint density at radius 1 is 0.647 bits per heavy atom. The van der Waals surface area contributed by atoms with Crippen LogP contribution in [-0.4, -0.2) is 27.3 Å². The van der Waals surface area contributed by atoms with Crippen molar-refractivity contribution in [1.29, 1.82) is 0 Å². The molecule has 6 nitrogen and oxygen atoms in total. The quantitative estimate of drug-likeness (QED) is 0.334. The zero-order chi connectivity index (χ0) is 24.3. The van der Waals surface area contributed by atoms with Crippen LogP contribution in [0.5, 0.6) is 11.5 Å². The molecule has 0 atom stereocenters. The average Bonchev–Trinajstić information content (AvgIpc) is 2.86. The Bertz CT molecular complexity index is 1240. The van der Waals surface area contributed by atoms with Crippen molar-refractivity contribution in [3.05, 3.63) is 131 Å². The van der Waals surface area contributed by atoms with Crippen LogP contribution < -0.4 is 0 Å². The standard InChI is InChI=1S/2C14H12O3/c15-13-9-5-4-8-12(13)14(16)17-10-11-6-2-1-3-7-11;15-13-11(7-4-8-12(13)14(16)17)9-10-5-2-1-3-6-10/h1-9,15H,10H2;1-8,15H,9H2,(H,16,17). The second-order valence-electron chi connectivity index (χ2n) is 7.36. The van der Waals surface area contributed by atoms with Crippen molar-refractivity contribution in [2.24, 2.45) is 0 Å². The van der Waals surface area contributed by atoms with Gasteiger partial charge in [0.2, 0.25) is 0 Å². The molecule has 0 saturated heterocycles. The first-order valence-electron chi connectivity index (χ1n) is 10.5. The van der Waals surface area contributed by atoms with Crippen molar-refractivity contribution in [1.82, 2.24) is 0 Å². The Kier molecular flexibility index (Phi) is 8.41. The SMILES string of the molecule is O=C(O)c1cccc(Cc2ccccc2)c1O.O=C(OCc1ccccc1)c1ccccc1O. The van der Waals surface area contributed by atoms with Crippen molar-refractivity contribution in [2.75, 3.05) is 0 Å². The molecule has 4 aromatic rings. The molecule has 34 heavy (non-hydrogen) atoms. The highest BCUT2D eigenvalue weighted by atomic mass is 16.5. The molecule has 0 aliphatic carbocycles. The van der Waals surface area contributed by atoms with E-state index in [9.17, 15) is 19.8 Å². The maximum absolute atomic E-state index is 11.7. The molecule has 0 saturated carbocycles. The molecule has 0 radical (unpaired) electrons. The predicted octanol–water partition coefficient (Wildman–Crippen LogP) is 5.43. The summed E-state index contributed by atoms with van der Waals surface area (Å²) in [6.45, 7) is 0.202. The van der Waals surface area contributed by atoms with Crippen LogP contribution >= 0.6 is 0 Å². The van der Waals surface area contributed by atoms with E-state index in [0.717, 1.165) is 11.1 Å². The lowest BCUT2D eigenvalue weighted by atomic mass is 10.0. The third-order valence-electron chi connectivity index (χ3n) is 4.92. The van der Waals surface area contributed by atoms with Crippen LogP contribution in [0, 0.1) is 0 Å². The third kappa shape index (κ3) is 6.71. The van der Waals surface area contributed by atoms with Crippen LogP contribution in [0.25, 0.3) is 0 Å². The summed E-state index contributed by atoms with van der Waals surface area (Å²) in [5.74, 6) is -1.85. The van der Waals surface area contributed by atoms with E-state index in [-0.39, 0.29) is 29.2 Å². The van der Waals surface area contributed by atoms with Crippen LogP contribution in [0.3, 0.4) is 0 Å². The number of aromatic hydroxyl groups is 2. The van der Waals surface area contributed by atoms with Crippen molar-refractivity contribution in [2.45, 2.75) is 13.0 Å². The maximum Gasteiger partial charge on any atom is 0.342 e. The van der Waals surface area contributed by atoms with Gasteiger partial charge in [0.05, 0.1) is 0 Å². The molecule has 0 heterocycles. The van der Waals surface area contributed by atoms with Gasteiger partial charge in [-0.05, 0) is 34.9 Å². The summed E-state index contributed by atoms with van der Waals surface area (Å²) in [5, 5.41) is 28.2. The molecule has 4 aromatic carbocycles. The maximum atomic E-state index is 11.7. The fourth-order valence-electron chi connectivity index (χ4n) is 3.17. The van der Waals surface area contributed by atoms with E-state index in [1.165, 1.54) is 18.2 Å². The van der Waals surface area contributed by atoms with E-state index < -0.39 is 11.9 Å². The molecule has 0 amide bonds. The molecule has 0 aliphatic rings. The largest absolute Gasteiger partial charge is 0.507 e. The second kappa shape index (κ2) is 11.9. The summed E-state index contributed by atoms with van der Waals surface area (Å²) >= 11 is 0. The van der Waals surface area contributed by atoms with Gasteiger partial charge in [-0.3, -0.25) is 0 Å². The number of carbonyl (C=O) groups excluding carboxylic acids is 1. The highest BCUT2D eigenvalue weighted by Crippen LogP contribution is 2.24. The number of phenolic OH excluding ortho intramolecular Hbond substituents is 1. The van der Waals surface area contributed by atoms with Crippen molar-refractivity contribution < 1.29 is 29.6 Å². The Labute approximate surface area is 197 Å². The first-order valence-corrected chi connectivity index (χ1v) is 10.5. The smallest absolute Gasteiger partial charge is 0.342 e. The summed E-state index contributed by atoms with van der Waals surface area (Å²) in [7, 11) is 0. The van der Waals surface area contributed by atoms with Gasteiger partial charge in [0.15, 0.2) is 0 Å². The molecule has 0 bridgehead atoms. The lowest BCUT2D eigenvalue weighted by molar-refractivity contribution is 0.0469. The number of hydrogen-bond acceptors (Lipinski definition) is 5. The van der Waals surface area contributed by atoms with Gasteiger partial charge in [-0.15, -0.1) is 0 Å². The first-order chi connectivity index (χ1) is 16.5. The zero-order valence-electron chi connectivity index (χ0n) is 18.3. The van der Waals surface area contributed by atoms with Crippen LogP contribution in [0.4, 0.5) is 0 Å². The number of rotatable bonds is 6. The monoisotopic (exact) mass is 456 g/mol. The van der Waals surface area contributed by atoms with Crippen molar-refractivity contribution in [3.8, 4) is 11.5 Å². The van der Waals surface area contributed by atoms with Crippen LogP contribution in [0.2, 0.25) is 0 Å². The molecule has 4 rings (SSSR count). The second-order valence-corrected chi connectivity index (χ2v) is 7.36. The van der Waals surface area contributed by atoms with E-state index in [0.29, 0.717) is 12.0 Å². The molecule has 6 heteroatoms. The number of hydrogen-bond donors (Lipinski definition) is 3. The molecule has 3 N–H and O–H groups in total. The van der Waals surface area contributed by atoms with Gasteiger partial charge in [0, 0.05) is 6.42 Å². The van der Waals surface area contributed by atoms with Crippen molar-refractivity contribution in [3.63, 3.8) is 0 Å². The minimum Gasteiger partial charge on any atom is -0.507 e. The summed E-state index contributed by atoms with van der Waals surface area (Å²) < 4.78 is 5.10. The summed E-state index contributed by atoms with van der Waals surface area (Å²) in [6, 6.07) is 30.1.